The molecule has 0 amide bonds. The van der Waals surface area contributed by atoms with E-state index in [1.54, 1.807) is 6.07 Å². The number of rotatable bonds is 1. The number of benzene rings is 1. The minimum absolute atomic E-state index is 0.115. The minimum atomic E-state index is 0.115. The molecule has 2 aliphatic rings. The zero-order valence-corrected chi connectivity index (χ0v) is 13.9. The van der Waals surface area contributed by atoms with Crippen LogP contribution in [0.1, 0.15) is 41.4 Å². The molecule has 2 heterocycles. The van der Waals surface area contributed by atoms with Crippen molar-refractivity contribution >= 4 is 5.95 Å². The van der Waals surface area contributed by atoms with Gasteiger partial charge in [0.1, 0.15) is 11.8 Å². The van der Waals surface area contributed by atoms with E-state index in [-0.39, 0.29) is 11.5 Å². The maximum atomic E-state index is 9.11. The number of hydrogen-bond acceptors (Lipinski definition) is 5. The van der Waals surface area contributed by atoms with Gasteiger partial charge >= 0.3 is 0 Å². The largest absolute Gasteiger partial charge is 0.341 e. The number of aromatic nitrogens is 2. The Hall–Kier alpha value is -2.45. The predicted octanol–water partition coefficient (Wildman–Crippen LogP) is 2.50. The first-order valence-corrected chi connectivity index (χ1v) is 8.45. The Labute approximate surface area is 142 Å². The van der Waals surface area contributed by atoms with Gasteiger partial charge in [-0.3, -0.25) is 0 Å². The number of fused-ring (bicyclic) bond motifs is 1. The summed E-state index contributed by atoms with van der Waals surface area (Å²) >= 11 is 0. The zero-order valence-electron chi connectivity index (χ0n) is 13.9. The van der Waals surface area contributed by atoms with E-state index in [1.807, 2.05) is 6.92 Å². The normalized spacial score (nSPS) is 21.5. The number of nitriles is 1. The Kier molecular flexibility index (Phi) is 3.50. The third-order valence-corrected chi connectivity index (χ3v) is 5.59. The van der Waals surface area contributed by atoms with Gasteiger partial charge in [0.15, 0.2) is 0 Å². The second-order valence-electron chi connectivity index (χ2n) is 7.01. The van der Waals surface area contributed by atoms with E-state index in [2.05, 4.69) is 45.2 Å². The van der Waals surface area contributed by atoms with Crippen molar-refractivity contribution in [3.8, 4) is 6.07 Å². The average Bonchev–Trinajstić information content (AvgIpc) is 2.87. The second kappa shape index (κ2) is 5.57. The molecule has 24 heavy (non-hydrogen) atoms. The lowest BCUT2D eigenvalue weighted by atomic mass is 9.73. The zero-order chi connectivity index (χ0) is 16.7. The van der Waals surface area contributed by atoms with Gasteiger partial charge in [-0.25, -0.2) is 9.97 Å². The fourth-order valence-corrected chi connectivity index (χ4v) is 4.21. The molecule has 4 rings (SSSR count). The van der Waals surface area contributed by atoms with E-state index in [0.717, 1.165) is 38.0 Å². The van der Waals surface area contributed by atoms with Crippen molar-refractivity contribution in [2.24, 2.45) is 11.1 Å². The highest BCUT2D eigenvalue weighted by atomic mass is 15.3. The van der Waals surface area contributed by atoms with E-state index < -0.39 is 0 Å². The fraction of sp³-hybridized carbons (Fsp3) is 0.421. The number of hydrogen-bond donors (Lipinski definition) is 1. The number of piperidine rings is 1. The first kappa shape index (κ1) is 15.1. The predicted molar refractivity (Wildman–Crippen MR) is 92.4 cm³/mol. The molecule has 1 aromatic heterocycles. The van der Waals surface area contributed by atoms with E-state index >= 15 is 0 Å². The highest BCUT2D eigenvalue weighted by Gasteiger charge is 2.46. The summed E-state index contributed by atoms with van der Waals surface area (Å²) in [7, 11) is 0. The molecule has 0 unspecified atom stereocenters. The summed E-state index contributed by atoms with van der Waals surface area (Å²) in [5, 5.41) is 9.11. The summed E-state index contributed by atoms with van der Waals surface area (Å²) in [4.78, 5) is 11.1. The average molecular weight is 319 g/mol. The summed E-state index contributed by atoms with van der Waals surface area (Å²) in [6.45, 7) is 3.67. The highest BCUT2D eigenvalue weighted by molar-refractivity contribution is 5.41. The molecule has 1 aliphatic carbocycles. The van der Waals surface area contributed by atoms with Crippen molar-refractivity contribution in [1.29, 1.82) is 5.26 Å². The second-order valence-corrected chi connectivity index (χ2v) is 7.01. The third kappa shape index (κ3) is 2.35. The van der Waals surface area contributed by atoms with Crippen molar-refractivity contribution < 1.29 is 0 Å². The lowest BCUT2D eigenvalue weighted by Gasteiger charge is -2.42. The quantitative estimate of drug-likeness (QED) is 0.873. The van der Waals surface area contributed by atoms with E-state index in [0.29, 0.717) is 11.6 Å². The van der Waals surface area contributed by atoms with Gasteiger partial charge in [0.05, 0.1) is 0 Å². The fourth-order valence-electron chi connectivity index (χ4n) is 4.21. The van der Waals surface area contributed by atoms with Gasteiger partial charge in [-0.1, -0.05) is 24.3 Å². The Bertz CT molecular complexity index is 815. The molecule has 1 atom stereocenters. The standard InChI is InChI=1S/C19H21N5/c1-13-10-15(12-20)23-18(22-13)24-8-6-19(7-9-24)11-14-4-2-3-5-16(14)17(19)21/h2-5,10,17H,6-9,11,21H2,1H3/t17-/m1/s1. The van der Waals surface area contributed by atoms with E-state index in [9.17, 15) is 0 Å². The molecule has 122 valence electrons. The molecule has 0 radical (unpaired) electrons. The molecular formula is C19H21N5. The molecule has 1 saturated heterocycles. The first-order valence-electron chi connectivity index (χ1n) is 8.45. The van der Waals surface area contributed by atoms with Crippen molar-refractivity contribution in [2.45, 2.75) is 32.2 Å². The maximum absolute atomic E-state index is 9.11. The van der Waals surface area contributed by atoms with Gasteiger partial charge in [0.25, 0.3) is 0 Å². The van der Waals surface area contributed by atoms with Crippen molar-refractivity contribution in [3.05, 3.63) is 52.8 Å². The van der Waals surface area contributed by atoms with Gasteiger partial charge in [-0.05, 0) is 48.8 Å². The minimum Gasteiger partial charge on any atom is -0.341 e. The summed E-state index contributed by atoms with van der Waals surface area (Å²) in [5.74, 6) is 0.672. The highest BCUT2D eigenvalue weighted by Crippen LogP contribution is 2.50. The molecule has 2 aromatic rings. The van der Waals surface area contributed by atoms with Crippen LogP contribution in [-0.4, -0.2) is 23.1 Å². The van der Waals surface area contributed by atoms with Gasteiger partial charge in [0.2, 0.25) is 5.95 Å². The summed E-state index contributed by atoms with van der Waals surface area (Å²) in [6, 6.07) is 12.5. The first-order chi connectivity index (χ1) is 11.6. The Morgan fingerprint density at radius 2 is 2.00 bits per heavy atom. The van der Waals surface area contributed by atoms with Crippen molar-refractivity contribution in [2.75, 3.05) is 18.0 Å². The Morgan fingerprint density at radius 3 is 2.71 bits per heavy atom. The van der Waals surface area contributed by atoms with Crippen LogP contribution in [0.3, 0.4) is 0 Å². The maximum Gasteiger partial charge on any atom is 0.226 e. The third-order valence-electron chi connectivity index (χ3n) is 5.59. The summed E-state index contributed by atoms with van der Waals surface area (Å²) < 4.78 is 0. The molecule has 2 N–H and O–H groups in total. The van der Waals surface area contributed by atoms with Gasteiger partial charge in [0, 0.05) is 24.8 Å². The molecule has 5 heteroatoms. The topological polar surface area (TPSA) is 78.8 Å². The molecule has 1 aliphatic heterocycles. The number of aryl methyl sites for hydroxylation is 1. The Morgan fingerprint density at radius 1 is 1.25 bits per heavy atom. The molecule has 1 aromatic carbocycles. The van der Waals surface area contributed by atoms with Gasteiger partial charge in [-0.15, -0.1) is 0 Å². The lowest BCUT2D eigenvalue weighted by molar-refractivity contribution is 0.187. The van der Waals surface area contributed by atoms with Crippen LogP contribution in [0.15, 0.2) is 30.3 Å². The van der Waals surface area contributed by atoms with Crippen molar-refractivity contribution in [3.63, 3.8) is 0 Å². The van der Waals surface area contributed by atoms with Crippen LogP contribution < -0.4 is 10.6 Å². The summed E-state index contributed by atoms with van der Waals surface area (Å²) in [5.41, 5.74) is 10.7. The van der Waals surface area contributed by atoms with Crippen LogP contribution in [0, 0.1) is 23.7 Å². The molecule has 0 bridgehead atoms. The SMILES string of the molecule is Cc1cc(C#N)nc(N2CCC3(CC2)Cc2ccccc2[C@H]3N)n1. The van der Waals surface area contributed by atoms with Crippen LogP contribution in [0.2, 0.25) is 0 Å². The number of nitrogens with two attached hydrogens (primary N) is 1. The number of anilines is 1. The molecule has 5 nitrogen and oxygen atoms in total. The molecular weight excluding hydrogens is 298 g/mol. The van der Waals surface area contributed by atoms with Gasteiger partial charge in [-0.2, -0.15) is 5.26 Å². The lowest BCUT2D eigenvalue weighted by Crippen LogP contribution is -2.45. The van der Waals surface area contributed by atoms with Crippen molar-refractivity contribution in [1.82, 2.24) is 9.97 Å². The van der Waals surface area contributed by atoms with Crippen LogP contribution in [0.25, 0.3) is 0 Å². The summed E-state index contributed by atoms with van der Waals surface area (Å²) in [6.07, 6.45) is 3.13. The van der Waals surface area contributed by atoms with E-state index in [4.69, 9.17) is 11.0 Å². The smallest absolute Gasteiger partial charge is 0.226 e. The molecule has 0 saturated carbocycles. The van der Waals surface area contributed by atoms with E-state index in [1.165, 1.54) is 11.1 Å². The van der Waals surface area contributed by atoms with Crippen LogP contribution in [-0.2, 0) is 6.42 Å². The van der Waals surface area contributed by atoms with Crippen LogP contribution >= 0.6 is 0 Å². The Balaban J connectivity index is 1.54. The van der Waals surface area contributed by atoms with Crippen LogP contribution in [0.5, 0.6) is 0 Å². The number of nitrogens with zero attached hydrogens (tertiary/aromatic N) is 4. The molecule has 1 fully saturated rings. The monoisotopic (exact) mass is 319 g/mol. The molecule has 1 spiro atoms. The van der Waals surface area contributed by atoms with Gasteiger partial charge < -0.3 is 10.6 Å². The van der Waals surface area contributed by atoms with Crippen LogP contribution in [0.4, 0.5) is 5.95 Å².